The third-order valence-corrected chi connectivity index (χ3v) is 12.5. The normalized spacial score (nSPS) is 20.2. The lowest BCUT2D eigenvalue weighted by molar-refractivity contribution is -0.302. The highest BCUT2D eigenvalue weighted by Gasteiger charge is 2.44. The molecule has 0 radical (unpaired) electrons. The molecular formula is C62H103NO8. The van der Waals surface area contributed by atoms with Gasteiger partial charge < -0.3 is 40.3 Å². The van der Waals surface area contributed by atoms with Gasteiger partial charge in [0.2, 0.25) is 5.91 Å². The topological polar surface area (TPSA) is 149 Å². The molecular weight excluding hydrogens is 887 g/mol. The van der Waals surface area contributed by atoms with E-state index in [0.29, 0.717) is 12.8 Å². The summed E-state index contributed by atoms with van der Waals surface area (Å²) in [6.07, 6.45) is 68.4. The van der Waals surface area contributed by atoms with Crippen molar-refractivity contribution >= 4 is 5.91 Å². The van der Waals surface area contributed by atoms with E-state index < -0.39 is 49.5 Å². The maximum absolute atomic E-state index is 13.0. The molecule has 1 rings (SSSR count). The number of rotatable bonds is 46. The lowest BCUT2D eigenvalue weighted by Gasteiger charge is -2.40. The predicted molar refractivity (Wildman–Crippen MR) is 299 cm³/mol. The van der Waals surface area contributed by atoms with Gasteiger partial charge in [-0.15, -0.1) is 0 Å². The second-order valence-corrected chi connectivity index (χ2v) is 19.0. The predicted octanol–water partition coefficient (Wildman–Crippen LogP) is 14.0. The summed E-state index contributed by atoms with van der Waals surface area (Å²) in [6, 6.07) is -0.869. The molecule has 71 heavy (non-hydrogen) atoms. The fraction of sp³-hybridized carbons (Fsp3) is 0.661. The van der Waals surface area contributed by atoms with Crippen molar-refractivity contribution < 1.29 is 39.8 Å². The van der Waals surface area contributed by atoms with Crippen LogP contribution in [0.4, 0.5) is 0 Å². The fourth-order valence-electron chi connectivity index (χ4n) is 8.06. The van der Waals surface area contributed by atoms with Gasteiger partial charge in [-0.05, 0) is 96.3 Å². The third-order valence-electron chi connectivity index (χ3n) is 12.5. The van der Waals surface area contributed by atoms with Gasteiger partial charge in [0.15, 0.2) is 6.29 Å². The van der Waals surface area contributed by atoms with E-state index in [1.54, 1.807) is 6.08 Å². The molecule has 0 aromatic rings. The minimum Gasteiger partial charge on any atom is -0.394 e. The lowest BCUT2D eigenvalue weighted by Crippen LogP contribution is -2.60. The lowest BCUT2D eigenvalue weighted by atomic mass is 9.99. The average Bonchev–Trinajstić information content (AvgIpc) is 3.37. The van der Waals surface area contributed by atoms with Crippen molar-refractivity contribution in [2.24, 2.45) is 0 Å². The van der Waals surface area contributed by atoms with Gasteiger partial charge in [0.05, 0.1) is 25.4 Å². The summed E-state index contributed by atoms with van der Waals surface area (Å²) in [5, 5.41) is 54.4. The molecule has 1 heterocycles. The van der Waals surface area contributed by atoms with E-state index in [4.69, 9.17) is 9.47 Å². The molecule has 6 N–H and O–H groups in total. The Morgan fingerprint density at radius 1 is 0.493 bits per heavy atom. The summed E-state index contributed by atoms with van der Waals surface area (Å²) in [7, 11) is 0. The highest BCUT2D eigenvalue weighted by Crippen LogP contribution is 2.22. The highest BCUT2D eigenvalue weighted by molar-refractivity contribution is 5.76. The summed E-state index contributed by atoms with van der Waals surface area (Å²) in [4.78, 5) is 13.0. The number of aliphatic hydroxyl groups excluding tert-OH is 5. The van der Waals surface area contributed by atoms with Crippen LogP contribution in [0.2, 0.25) is 0 Å². The molecule has 1 amide bonds. The molecule has 7 atom stereocenters. The van der Waals surface area contributed by atoms with E-state index in [2.05, 4.69) is 129 Å². The van der Waals surface area contributed by atoms with Crippen LogP contribution in [0, 0.1) is 0 Å². The van der Waals surface area contributed by atoms with Gasteiger partial charge in [-0.3, -0.25) is 4.79 Å². The number of carbonyl (C=O) groups is 1. The first-order chi connectivity index (χ1) is 34.8. The van der Waals surface area contributed by atoms with Gasteiger partial charge >= 0.3 is 0 Å². The van der Waals surface area contributed by atoms with Crippen LogP contribution in [-0.2, 0) is 14.3 Å². The summed E-state index contributed by atoms with van der Waals surface area (Å²) in [6.45, 7) is 3.61. The van der Waals surface area contributed by atoms with E-state index in [0.717, 1.165) is 77.0 Å². The standard InChI is InChI=1S/C62H103NO8/c1-3-5-7-9-11-13-15-17-19-21-23-25-27-28-30-31-33-35-37-39-41-43-45-47-49-51-56(65)55(54-70-62-61(69)60(68)59(67)57(53-64)71-62)63-58(66)52-50-48-46-44-42-40-38-36-34-32-29-26-24-22-20-18-16-14-12-10-8-6-4-2/h6,8,12,14,18,20,24,26,32-35,38,40-41,43-44,46,49,51,55-57,59-62,64-65,67-69H,3-5,7,9-11,13,15-17,19,21-23,25,27-31,36-37,39,42,45,47-48,50,52-54H2,1-2H3,(H,63,66)/b8-6-,14-12-,20-18-,26-24-,34-32-,35-33+,40-38-,43-41+,46-44-,51-49+. The van der Waals surface area contributed by atoms with Crippen LogP contribution in [0.3, 0.4) is 0 Å². The third kappa shape index (κ3) is 39.8. The van der Waals surface area contributed by atoms with Crippen LogP contribution in [0.25, 0.3) is 0 Å². The minimum atomic E-state index is -1.59. The second-order valence-electron chi connectivity index (χ2n) is 19.0. The van der Waals surface area contributed by atoms with Gasteiger partial charge in [-0.25, -0.2) is 0 Å². The van der Waals surface area contributed by atoms with Gasteiger partial charge in [-0.1, -0.05) is 225 Å². The molecule has 1 aliphatic heterocycles. The van der Waals surface area contributed by atoms with Crippen LogP contribution >= 0.6 is 0 Å². The number of hydrogen-bond acceptors (Lipinski definition) is 8. The van der Waals surface area contributed by atoms with Crippen molar-refractivity contribution in [1.29, 1.82) is 0 Å². The van der Waals surface area contributed by atoms with Crippen LogP contribution in [0.15, 0.2) is 122 Å². The Morgan fingerprint density at radius 2 is 0.887 bits per heavy atom. The monoisotopic (exact) mass is 990 g/mol. The quantitative estimate of drug-likeness (QED) is 0.0261. The van der Waals surface area contributed by atoms with Crippen LogP contribution in [0.1, 0.15) is 206 Å². The molecule has 0 spiro atoms. The summed E-state index contributed by atoms with van der Waals surface area (Å²) < 4.78 is 11.2. The zero-order chi connectivity index (χ0) is 51.5. The van der Waals surface area contributed by atoms with Gasteiger partial charge in [0.1, 0.15) is 24.4 Å². The van der Waals surface area contributed by atoms with Crippen LogP contribution in [-0.4, -0.2) is 87.5 Å². The zero-order valence-corrected chi connectivity index (χ0v) is 44.7. The molecule has 1 saturated heterocycles. The van der Waals surface area contributed by atoms with E-state index in [1.165, 1.54) is 96.3 Å². The summed E-state index contributed by atoms with van der Waals surface area (Å²) >= 11 is 0. The largest absolute Gasteiger partial charge is 0.394 e. The van der Waals surface area contributed by atoms with Gasteiger partial charge in [0.25, 0.3) is 0 Å². The number of hydrogen-bond donors (Lipinski definition) is 6. The molecule has 9 heteroatoms. The van der Waals surface area contributed by atoms with Crippen molar-refractivity contribution in [3.63, 3.8) is 0 Å². The van der Waals surface area contributed by atoms with E-state index >= 15 is 0 Å². The first-order valence-electron chi connectivity index (χ1n) is 28.3. The first-order valence-corrected chi connectivity index (χ1v) is 28.3. The molecule has 1 fully saturated rings. The minimum absolute atomic E-state index is 0.237. The Balaban J connectivity index is 2.35. The van der Waals surface area contributed by atoms with Crippen molar-refractivity contribution in [3.05, 3.63) is 122 Å². The average molecular weight is 991 g/mol. The second kappa shape index (κ2) is 50.1. The number of aliphatic hydroxyl groups is 5. The Hall–Kier alpha value is -3.41. The smallest absolute Gasteiger partial charge is 0.220 e. The highest BCUT2D eigenvalue weighted by atomic mass is 16.7. The number of allylic oxidation sites excluding steroid dienone is 19. The molecule has 404 valence electrons. The first kappa shape index (κ1) is 65.6. The fourth-order valence-corrected chi connectivity index (χ4v) is 8.06. The molecule has 0 aromatic heterocycles. The van der Waals surface area contributed by atoms with E-state index in [-0.39, 0.29) is 18.9 Å². The number of unbranched alkanes of at least 4 members (excludes halogenated alkanes) is 18. The Kier molecular flexibility index (Phi) is 46.3. The van der Waals surface area contributed by atoms with Crippen molar-refractivity contribution in [1.82, 2.24) is 5.32 Å². The molecule has 1 aliphatic rings. The molecule has 7 unspecified atom stereocenters. The molecule has 0 aliphatic carbocycles. The van der Waals surface area contributed by atoms with Gasteiger partial charge in [-0.2, -0.15) is 0 Å². The molecule has 0 aromatic carbocycles. The maximum atomic E-state index is 13.0. The number of amides is 1. The Bertz CT molecular complexity index is 1520. The molecule has 9 nitrogen and oxygen atoms in total. The molecule has 0 saturated carbocycles. The summed E-state index contributed by atoms with van der Waals surface area (Å²) in [5.74, 6) is -0.253. The van der Waals surface area contributed by atoms with Crippen LogP contribution < -0.4 is 5.32 Å². The van der Waals surface area contributed by atoms with E-state index in [9.17, 15) is 30.3 Å². The SMILES string of the molecule is CC/C=C\C/C=C\C/C=C\C/C=C\C/C=C\C/C=C\C/C=C\CCCC(=O)NC(COC1OC(CO)C(O)C(O)C1O)C(O)/C=C/CC/C=C/CC/C=C/CCCCCCCCCCCCCCCCC. The maximum Gasteiger partial charge on any atom is 0.220 e. The zero-order valence-electron chi connectivity index (χ0n) is 44.7. The van der Waals surface area contributed by atoms with Crippen molar-refractivity contribution in [2.75, 3.05) is 13.2 Å². The number of nitrogens with one attached hydrogen (secondary N) is 1. The number of carbonyl (C=O) groups excluding carboxylic acids is 1. The number of ether oxygens (including phenoxy) is 2. The molecule has 0 bridgehead atoms. The Morgan fingerprint density at radius 3 is 1.35 bits per heavy atom. The van der Waals surface area contributed by atoms with Crippen LogP contribution in [0.5, 0.6) is 0 Å². The van der Waals surface area contributed by atoms with Gasteiger partial charge in [0, 0.05) is 6.42 Å². The summed E-state index contributed by atoms with van der Waals surface area (Å²) in [5.41, 5.74) is 0. The Labute approximate surface area is 433 Å². The van der Waals surface area contributed by atoms with E-state index in [1.807, 2.05) is 6.08 Å². The van der Waals surface area contributed by atoms with Crippen molar-refractivity contribution in [2.45, 2.75) is 249 Å². The van der Waals surface area contributed by atoms with Crippen molar-refractivity contribution in [3.8, 4) is 0 Å².